The number of aliphatic hydroxyl groups excluding tert-OH is 1. The number of anilines is 2. The smallest absolute Gasteiger partial charge is 0.251 e. The van der Waals surface area contributed by atoms with E-state index in [1.165, 1.54) is 0 Å². The molecule has 0 aliphatic carbocycles. The number of hydrogen-bond acceptors (Lipinski definition) is 5. The molecule has 0 aliphatic rings. The molecule has 6 heteroatoms. The lowest BCUT2D eigenvalue weighted by Gasteiger charge is -2.15. The van der Waals surface area contributed by atoms with Crippen LogP contribution in [-0.2, 0) is 0 Å². The molecule has 20 heavy (non-hydrogen) atoms. The number of thioether (sulfide) groups is 1. The predicted octanol–water partition coefficient (Wildman–Crippen LogP) is 1.18. The van der Waals surface area contributed by atoms with Crippen molar-refractivity contribution >= 4 is 29.0 Å². The summed E-state index contributed by atoms with van der Waals surface area (Å²) in [6.07, 6.45) is 0.793. The molecule has 0 unspecified atom stereocenters. The Bertz CT molecular complexity index is 438. The van der Waals surface area contributed by atoms with Crippen molar-refractivity contribution in [1.82, 2.24) is 5.32 Å². The Morgan fingerprint density at radius 2 is 2.15 bits per heavy atom. The largest absolute Gasteiger partial charge is 0.397 e. The summed E-state index contributed by atoms with van der Waals surface area (Å²) >= 11 is 1.72. The SMILES string of the molecule is CN(C)c1ccc(C(=O)NCCSCCCO)cc1N. The lowest BCUT2D eigenvalue weighted by Crippen LogP contribution is -2.26. The van der Waals surface area contributed by atoms with E-state index in [1.54, 1.807) is 23.9 Å². The van der Waals surface area contributed by atoms with E-state index >= 15 is 0 Å². The Hall–Kier alpha value is -1.40. The van der Waals surface area contributed by atoms with Crippen LogP contribution in [0.4, 0.5) is 11.4 Å². The van der Waals surface area contributed by atoms with Gasteiger partial charge in [0.2, 0.25) is 0 Å². The van der Waals surface area contributed by atoms with E-state index in [2.05, 4.69) is 5.32 Å². The molecule has 0 saturated heterocycles. The van der Waals surface area contributed by atoms with Crippen molar-refractivity contribution in [2.75, 3.05) is 49.4 Å². The fourth-order valence-electron chi connectivity index (χ4n) is 1.71. The van der Waals surface area contributed by atoms with Crippen molar-refractivity contribution in [2.45, 2.75) is 6.42 Å². The summed E-state index contributed by atoms with van der Waals surface area (Å²) in [5.74, 6) is 1.65. The van der Waals surface area contributed by atoms with Crippen LogP contribution in [0.3, 0.4) is 0 Å². The third-order valence-electron chi connectivity index (χ3n) is 2.75. The summed E-state index contributed by atoms with van der Waals surface area (Å²) in [5.41, 5.74) is 8.00. The van der Waals surface area contributed by atoms with E-state index in [1.807, 2.05) is 25.1 Å². The zero-order valence-electron chi connectivity index (χ0n) is 12.1. The van der Waals surface area contributed by atoms with Gasteiger partial charge in [0.1, 0.15) is 0 Å². The summed E-state index contributed by atoms with van der Waals surface area (Å²) < 4.78 is 0. The summed E-state index contributed by atoms with van der Waals surface area (Å²) in [6, 6.07) is 5.32. The lowest BCUT2D eigenvalue weighted by molar-refractivity contribution is 0.0956. The number of benzene rings is 1. The minimum Gasteiger partial charge on any atom is -0.397 e. The van der Waals surface area contributed by atoms with Gasteiger partial charge < -0.3 is 21.1 Å². The number of amides is 1. The van der Waals surface area contributed by atoms with E-state index in [4.69, 9.17) is 10.8 Å². The van der Waals surface area contributed by atoms with Crippen molar-refractivity contribution in [3.8, 4) is 0 Å². The van der Waals surface area contributed by atoms with E-state index < -0.39 is 0 Å². The minimum absolute atomic E-state index is 0.107. The molecule has 0 saturated carbocycles. The number of nitrogen functional groups attached to an aromatic ring is 1. The number of rotatable bonds is 8. The van der Waals surface area contributed by atoms with Gasteiger partial charge in [0.05, 0.1) is 11.4 Å². The van der Waals surface area contributed by atoms with Gasteiger partial charge in [-0.3, -0.25) is 4.79 Å². The Labute approximate surface area is 124 Å². The van der Waals surface area contributed by atoms with Crippen LogP contribution in [0, 0.1) is 0 Å². The molecule has 0 atom stereocenters. The number of nitrogens with one attached hydrogen (secondary N) is 1. The Balaban J connectivity index is 2.42. The average molecular weight is 297 g/mol. The van der Waals surface area contributed by atoms with Crippen LogP contribution in [0.5, 0.6) is 0 Å². The molecule has 5 nitrogen and oxygen atoms in total. The van der Waals surface area contributed by atoms with Crippen molar-refractivity contribution in [3.05, 3.63) is 23.8 Å². The van der Waals surface area contributed by atoms with Gasteiger partial charge in [-0.25, -0.2) is 0 Å². The van der Waals surface area contributed by atoms with Crippen LogP contribution in [0.15, 0.2) is 18.2 Å². The van der Waals surface area contributed by atoms with Crippen molar-refractivity contribution in [2.24, 2.45) is 0 Å². The molecule has 112 valence electrons. The van der Waals surface area contributed by atoms with Gasteiger partial charge in [-0.05, 0) is 30.4 Å². The standard InChI is InChI=1S/C14H23N3O2S/c1-17(2)13-5-4-11(10-12(13)15)14(19)16-6-9-20-8-3-7-18/h4-5,10,18H,3,6-9,15H2,1-2H3,(H,16,19). The zero-order valence-corrected chi connectivity index (χ0v) is 12.9. The van der Waals surface area contributed by atoms with E-state index in [9.17, 15) is 4.79 Å². The van der Waals surface area contributed by atoms with Gasteiger partial charge in [-0.15, -0.1) is 0 Å². The highest BCUT2D eigenvalue weighted by atomic mass is 32.2. The topological polar surface area (TPSA) is 78.6 Å². The quantitative estimate of drug-likeness (QED) is 0.496. The summed E-state index contributed by atoms with van der Waals surface area (Å²) in [4.78, 5) is 13.8. The molecule has 1 rings (SSSR count). The first-order valence-corrected chi connectivity index (χ1v) is 7.75. The third-order valence-corrected chi connectivity index (χ3v) is 3.82. The normalized spacial score (nSPS) is 10.3. The predicted molar refractivity (Wildman–Crippen MR) is 86.5 cm³/mol. The van der Waals surface area contributed by atoms with Crippen LogP contribution in [-0.4, -0.2) is 49.8 Å². The Kier molecular flexibility index (Phi) is 7.25. The monoisotopic (exact) mass is 297 g/mol. The van der Waals surface area contributed by atoms with E-state index in [0.717, 1.165) is 23.6 Å². The molecule has 1 aromatic rings. The molecule has 0 bridgehead atoms. The second-order valence-electron chi connectivity index (χ2n) is 4.61. The van der Waals surface area contributed by atoms with Crippen LogP contribution >= 0.6 is 11.8 Å². The minimum atomic E-state index is -0.107. The average Bonchev–Trinajstić information content (AvgIpc) is 2.41. The van der Waals surface area contributed by atoms with Crippen molar-refractivity contribution < 1.29 is 9.90 Å². The molecule has 0 radical (unpaired) electrons. The molecule has 0 fully saturated rings. The second-order valence-corrected chi connectivity index (χ2v) is 5.84. The van der Waals surface area contributed by atoms with Crippen LogP contribution in [0.1, 0.15) is 16.8 Å². The summed E-state index contributed by atoms with van der Waals surface area (Å²) in [5, 5.41) is 11.5. The van der Waals surface area contributed by atoms with Crippen molar-refractivity contribution in [3.63, 3.8) is 0 Å². The molecule has 0 aromatic heterocycles. The van der Waals surface area contributed by atoms with Gasteiger partial charge >= 0.3 is 0 Å². The second kappa shape index (κ2) is 8.71. The van der Waals surface area contributed by atoms with Crippen molar-refractivity contribution in [1.29, 1.82) is 0 Å². The highest BCUT2D eigenvalue weighted by Crippen LogP contribution is 2.22. The number of hydrogen-bond donors (Lipinski definition) is 3. The number of nitrogens with two attached hydrogens (primary N) is 1. The molecule has 4 N–H and O–H groups in total. The van der Waals surface area contributed by atoms with Gasteiger partial charge in [-0.2, -0.15) is 11.8 Å². The third kappa shape index (κ3) is 5.30. The number of aliphatic hydroxyl groups is 1. The first-order valence-electron chi connectivity index (χ1n) is 6.60. The Morgan fingerprint density at radius 1 is 1.40 bits per heavy atom. The maximum atomic E-state index is 11.9. The fourth-order valence-corrected chi connectivity index (χ4v) is 2.49. The first kappa shape index (κ1) is 16.7. The molecular weight excluding hydrogens is 274 g/mol. The highest BCUT2D eigenvalue weighted by molar-refractivity contribution is 7.99. The van der Waals surface area contributed by atoms with Gasteiger partial charge in [-0.1, -0.05) is 0 Å². The molecular formula is C14H23N3O2S. The molecule has 1 aromatic carbocycles. The zero-order chi connectivity index (χ0) is 15.0. The van der Waals surface area contributed by atoms with Gasteiger partial charge in [0.25, 0.3) is 5.91 Å². The summed E-state index contributed by atoms with van der Waals surface area (Å²) in [7, 11) is 3.82. The number of carbonyl (C=O) groups excluding carboxylic acids is 1. The first-order chi connectivity index (χ1) is 9.56. The maximum Gasteiger partial charge on any atom is 0.251 e. The molecule has 0 aliphatic heterocycles. The molecule has 0 heterocycles. The van der Waals surface area contributed by atoms with Crippen LogP contribution in [0.2, 0.25) is 0 Å². The molecule has 1 amide bonds. The Morgan fingerprint density at radius 3 is 2.75 bits per heavy atom. The van der Waals surface area contributed by atoms with Gasteiger partial charge in [0.15, 0.2) is 0 Å². The highest BCUT2D eigenvalue weighted by Gasteiger charge is 2.08. The number of nitrogens with zero attached hydrogens (tertiary/aromatic N) is 1. The van der Waals surface area contributed by atoms with Crippen LogP contribution < -0.4 is 16.0 Å². The number of carbonyl (C=O) groups is 1. The van der Waals surface area contributed by atoms with Gasteiger partial charge in [0, 0.05) is 38.6 Å². The maximum absolute atomic E-state index is 11.9. The van der Waals surface area contributed by atoms with E-state index in [0.29, 0.717) is 17.8 Å². The molecule has 0 spiro atoms. The van der Waals surface area contributed by atoms with Crippen LogP contribution in [0.25, 0.3) is 0 Å². The fraction of sp³-hybridized carbons (Fsp3) is 0.500. The lowest BCUT2D eigenvalue weighted by atomic mass is 10.1. The van der Waals surface area contributed by atoms with E-state index in [-0.39, 0.29) is 12.5 Å². The summed E-state index contributed by atoms with van der Waals surface area (Å²) in [6.45, 7) is 0.834.